The van der Waals surface area contributed by atoms with Crippen LogP contribution in [0.2, 0.25) is 0 Å². The third kappa shape index (κ3) is 3.69. The number of ether oxygens (including phenoxy) is 1. The van der Waals surface area contributed by atoms with Gasteiger partial charge in [-0.2, -0.15) is 0 Å². The third-order valence-electron chi connectivity index (χ3n) is 3.05. The van der Waals surface area contributed by atoms with E-state index in [-0.39, 0.29) is 23.2 Å². The van der Waals surface area contributed by atoms with Crippen molar-refractivity contribution in [3.8, 4) is 0 Å². The average molecular weight is 300 g/mol. The van der Waals surface area contributed by atoms with Gasteiger partial charge in [-0.25, -0.2) is 0 Å². The van der Waals surface area contributed by atoms with E-state index in [1.165, 1.54) is 4.57 Å². The molecule has 0 atom stereocenters. The molecule has 0 bridgehead atoms. The van der Waals surface area contributed by atoms with Crippen molar-refractivity contribution in [2.75, 3.05) is 19.7 Å². The lowest BCUT2D eigenvalue weighted by Gasteiger charge is -2.19. The van der Waals surface area contributed by atoms with E-state index in [1.807, 2.05) is 6.92 Å². The highest BCUT2D eigenvalue weighted by atomic mass is 32.1. The summed E-state index contributed by atoms with van der Waals surface area (Å²) in [4.78, 5) is 37.1. The normalized spacial score (nSPS) is 10.4. The Bertz CT molecular complexity index is 547. The van der Waals surface area contributed by atoms with E-state index < -0.39 is 0 Å². The maximum Gasteiger partial charge on any atom is 0.307 e. The van der Waals surface area contributed by atoms with Crippen LogP contribution >= 0.6 is 11.3 Å². The van der Waals surface area contributed by atoms with E-state index in [4.69, 9.17) is 4.74 Å². The molecule has 0 fully saturated rings. The minimum atomic E-state index is -0.322. The summed E-state index contributed by atoms with van der Waals surface area (Å²) in [6, 6.07) is 0. The predicted molar refractivity (Wildman–Crippen MR) is 77.1 cm³/mol. The zero-order valence-corrected chi connectivity index (χ0v) is 13.1. The molecule has 1 aromatic rings. The number of amides is 1. The quantitative estimate of drug-likeness (QED) is 0.740. The van der Waals surface area contributed by atoms with E-state index in [1.54, 1.807) is 25.8 Å². The Morgan fingerprint density at radius 1 is 1.35 bits per heavy atom. The van der Waals surface area contributed by atoms with Crippen LogP contribution in [0, 0.1) is 6.92 Å². The summed E-state index contributed by atoms with van der Waals surface area (Å²) in [7, 11) is 1.64. The lowest BCUT2D eigenvalue weighted by atomic mass is 10.3. The first-order valence-corrected chi connectivity index (χ1v) is 7.35. The van der Waals surface area contributed by atoms with Gasteiger partial charge in [0.2, 0.25) is 0 Å². The van der Waals surface area contributed by atoms with Gasteiger partial charge in [0.15, 0.2) is 0 Å². The lowest BCUT2D eigenvalue weighted by molar-refractivity contribution is -0.143. The number of rotatable bonds is 6. The number of nitrogens with zero attached hydrogens (tertiary/aromatic N) is 2. The van der Waals surface area contributed by atoms with Crippen LogP contribution in [0.15, 0.2) is 4.79 Å². The van der Waals surface area contributed by atoms with Crippen molar-refractivity contribution in [2.45, 2.75) is 27.2 Å². The van der Waals surface area contributed by atoms with Crippen LogP contribution in [0.1, 0.15) is 35.6 Å². The molecule has 112 valence electrons. The van der Waals surface area contributed by atoms with E-state index >= 15 is 0 Å². The molecule has 0 spiro atoms. The van der Waals surface area contributed by atoms with Crippen LogP contribution in [0.3, 0.4) is 0 Å². The Balaban J connectivity index is 2.79. The molecule has 0 aliphatic rings. The molecule has 0 aliphatic carbocycles. The smallest absolute Gasteiger partial charge is 0.307 e. The molecule has 6 nitrogen and oxygen atoms in total. The zero-order valence-electron chi connectivity index (χ0n) is 12.3. The van der Waals surface area contributed by atoms with Gasteiger partial charge in [0.1, 0.15) is 4.88 Å². The number of hydrogen-bond acceptors (Lipinski definition) is 5. The third-order valence-corrected chi connectivity index (χ3v) is 4.17. The Kier molecular flexibility index (Phi) is 5.94. The van der Waals surface area contributed by atoms with Crippen molar-refractivity contribution < 1.29 is 14.3 Å². The highest BCUT2D eigenvalue weighted by Gasteiger charge is 2.21. The van der Waals surface area contributed by atoms with Gasteiger partial charge in [0.25, 0.3) is 5.91 Å². The Morgan fingerprint density at radius 3 is 2.45 bits per heavy atom. The van der Waals surface area contributed by atoms with Crippen molar-refractivity contribution in [2.24, 2.45) is 7.05 Å². The second-order valence-corrected chi connectivity index (χ2v) is 5.24. The van der Waals surface area contributed by atoms with Gasteiger partial charge in [0, 0.05) is 25.8 Å². The van der Waals surface area contributed by atoms with Gasteiger partial charge >= 0.3 is 10.8 Å². The summed E-state index contributed by atoms with van der Waals surface area (Å²) in [5.41, 5.74) is 0.652. The maximum atomic E-state index is 12.4. The minimum Gasteiger partial charge on any atom is -0.466 e. The molecule has 0 saturated carbocycles. The van der Waals surface area contributed by atoms with Gasteiger partial charge in [-0.1, -0.05) is 11.3 Å². The van der Waals surface area contributed by atoms with Crippen molar-refractivity contribution >= 4 is 23.2 Å². The highest BCUT2D eigenvalue weighted by Crippen LogP contribution is 2.14. The topological polar surface area (TPSA) is 68.6 Å². The van der Waals surface area contributed by atoms with E-state index in [2.05, 4.69) is 0 Å². The van der Waals surface area contributed by atoms with Crippen molar-refractivity contribution in [1.29, 1.82) is 0 Å². The molecular weight excluding hydrogens is 280 g/mol. The Hall–Kier alpha value is -1.63. The molecule has 0 saturated heterocycles. The Labute approximate surface area is 122 Å². The van der Waals surface area contributed by atoms with Gasteiger partial charge < -0.3 is 14.2 Å². The summed E-state index contributed by atoms with van der Waals surface area (Å²) in [6.07, 6.45) is 0.161. The second-order valence-electron chi connectivity index (χ2n) is 4.28. The van der Waals surface area contributed by atoms with E-state index in [0.717, 1.165) is 11.3 Å². The zero-order chi connectivity index (χ0) is 15.3. The standard InChI is InChI=1S/C13H20N2O4S/c1-5-15(8-7-10(16)19-6-2)12(17)11-9(3)14(4)13(18)20-11/h5-8H2,1-4H3. The summed E-state index contributed by atoms with van der Waals surface area (Å²) in [5, 5.41) is 0. The molecule has 1 heterocycles. The number of carbonyl (C=O) groups excluding carboxylic acids is 2. The van der Waals surface area contributed by atoms with Crippen LogP contribution in [0.5, 0.6) is 0 Å². The molecule has 7 heteroatoms. The minimum absolute atomic E-state index is 0.160. The fourth-order valence-corrected chi connectivity index (χ4v) is 2.67. The molecule has 0 unspecified atom stereocenters. The van der Waals surface area contributed by atoms with Crippen LogP contribution in [-0.2, 0) is 16.6 Å². The molecule has 1 aromatic heterocycles. The molecule has 0 aliphatic heterocycles. The van der Waals surface area contributed by atoms with Crippen molar-refractivity contribution in [3.63, 3.8) is 0 Å². The number of aromatic nitrogens is 1. The highest BCUT2D eigenvalue weighted by molar-refractivity contribution is 7.11. The fourth-order valence-electron chi connectivity index (χ4n) is 1.72. The number of thiazole rings is 1. The predicted octanol–water partition coefficient (Wildman–Crippen LogP) is 1.17. The monoisotopic (exact) mass is 300 g/mol. The fraction of sp³-hybridized carbons (Fsp3) is 0.615. The number of carbonyl (C=O) groups is 2. The van der Waals surface area contributed by atoms with Gasteiger partial charge in [-0.05, 0) is 20.8 Å². The van der Waals surface area contributed by atoms with Crippen LogP contribution < -0.4 is 4.87 Å². The SMILES string of the molecule is CCOC(=O)CCN(CC)C(=O)c1sc(=O)n(C)c1C. The summed E-state index contributed by atoms with van der Waals surface area (Å²) >= 11 is 0.937. The molecule has 0 N–H and O–H groups in total. The molecule has 0 aromatic carbocycles. The van der Waals surface area contributed by atoms with Crippen LogP contribution in [0.25, 0.3) is 0 Å². The summed E-state index contributed by atoms with van der Waals surface area (Å²) in [6.45, 7) is 6.43. The number of hydrogen-bond donors (Lipinski definition) is 0. The largest absolute Gasteiger partial charge is 0.466 e. The lowest BCUT2D eigenvalue weighted by Crippen LogP contribution is -2.33. The van der Waals surface area contributed by atoms with Crippen molar-refractivity contribution in [3.05, 3.63) is 20.2 Å². The first-order chi connectivity index (χ1) is 9.42. The first-order valence-electron chi connectivity index (χ1n) is 6.53. The summed E-state index contributed by atoms with van der Waals surface area (Å²) < 4.78 is 6.30. The number of esters is 1. The molecule has 1 rings (SSSR count). The van der Waals surface area contributed by atoms with Gasteiger partial charge in [0.05, 0.1) is 13.0 Å². The molecule has 0 radical (unpaired) electrons. The maximum absolute atomic E-state index is 12.4. The van der Waals surface area contributed by atoms with E-state index in [9.17, 15) is 14.4 Å². The van der Waals surface area contributed by atoms with Crippen LogP contribution in [0.4, 0.5) is 0 Å². The van der Waals surface area contributed by atoms with Gasteiger partial charge in [-0.15, -0.1) is 0 Å². The molecular formula is C13H20N2O4S. The Morgan fingerprint density at radius 2 is 2.00 bits per heavy atom. The van der Waals surface area contributed by atoms with Crippen molar-refractivity contribution in [1.82, 2.24) is 9.47 Å². The van der Waals surface area contributed by atoms with Gasteiger partial charge in [-0.3, -0.25) is 14.4 Å². The average Bonchev–Trinajstić information content (AvgIpc) is 2.67. The second kappa shape index (κ2) is 7.23. The molecule has 1 amide bonds. The van der Waals surface area contributed by atoms with Crippen LogP contribution in [-0.4, -0.2) is 41.0 Å². The van der Waals surface area contributed by atoms with E-state index in [0.29, 0.717) is 30.3 Å². The molecule has 20 heavy (non-hydrogen) atoms. The summed E-state index contributed by atoms with van der Waals surface area (Å²) in [5.74, 6) is -0.534. The first kappa shape index (κ1) is 16.4.